The van der Waals surface area contributed by atoms with E-state index in [2.05, 4.69) is 10.2 Å². The zero-order valence-electron chi connectivity index (χ0n) is 10.4. The van der Waals surface area contributed by atoms with Crippen molar-refractivity contribution >= 4 is 11.6 Å². The third-order valence-electron chi connectivity index (χ3n) is 2.66. The molecule has 2 aromatic rings. The zero-order valence-corrected chi connectivity index (χ0v) is 10.4. The highest BCUT2D eigenvalue weighted by molar-refractivity contribution is 5.95. The molecule has 0 bridgehead atoms. The molecule has 18 heavy (non-hydrogen) atoms. The fourth-order valence-electron chi connectivity index (χ4n) is 1.78. The molecule has 2 heterocycles. The number of methoxy groups -OCH3 is 2. The highest BCUT2D eigenvalue weighted by Gasteiger charge is 2.14. The van der Waals surface area contributed by atoms with Crippen LogP contribution in [0.5, 0.6) is 0 Å². The van der Waals surface area contributed by atoms with Gasteiger partial charge in [0.1, 0.15) is 11.4 Å². The third kappa shape index (κ3) is 2.33. The summed E-state index contributed by atoms with van der Waals surface area (Å²) in [7, 11) is 3.01. The van der Waals surface area contributed by atoms with Crippen LogP contribution >= 0.6 is 0 Å². The number of nitrogens with zero attached hydrogens (tertiary/aromatic N) is 3. The van der Waals surface area contributed by atoms with Crippen molar-refractivity contribution in [2.75, 3.05) is 20.8 Å². The Labute approximate surface area is 105 Å². The second kappa shape index (κ2) is 5.59. The van der Waals surface area contributed by atoms with Crippen molar-refractivity contribution in [1.29, 1.82) is 0 Å². The molecule has 0 aliphatic rings. The van der Waals surface area contributed by atoms with Crippen LogP contribution in [0.25, 0.3) is 5.65 Å². The number of ether oxygens (including phenoxy) is 2. The molecule has 0 unspecified atom stereocenters. The molecule has 0 aliphatic carbocycles. The lowest BCUT2D eigenvalue weighted by Crippen LogP contribution is -2.05. The average Bonchev–Trinajstić information content (AvgIpc) is 2.81. The number of rotatable bonds is 5. The van der Waals surface area contributed by atoms with E-state index in [0.29, 0.717) is 17.8 Å². The van der Waals surface area contributed by atoms with Crippen molar-refractivity contribution < 1.29 is 14.3 Å². The Hall–Kier alpha value is -1.95. The molecular weight excluding hydrogens is 234 g/mol. The fourth-order valence-corrected chi connectivity index (χ4v) is 1.78. The quantitative estimate of drug-likeness (QED) is 0.586. The summed E-state index contributed by atoms with van der Waals surface area (Å²) < 4.78 is 11.5. The van der Waals surface area contributed by atoms with E-state index in [0.717, 1.165) is 18.7 Å². The standard InChI is InChI=1S/C12H15N3O3/c1-17-8-4-6-10-13-14-11-9(12(16)18-2)5-3-7-15(10)11/h3,5,7H,4,6,8H2,1-2H3. The number of aryl methyl sites for hydroxylation is 1. The van der Waals surface area contributed by atoms with Gasteiger partial charge in [0.05, 0.1) is 7.11 Å². The molecule has 0 atom stereocenters. The Morgan fingerprint density at radius 2 is 2.22 bits per heavy atom. The molecule has 0 saturated carbocycles. The lowest BCUT2D eigenvalue weighted by atomic mass is 10.2. The molecule has 2 rings (SSSR count). The van der Waals surface area contributed by atoms with Crippen molar-refractivity contribution in [1.82, 2.24) is 14.6 Å². The van der Waals surface area contributed by atoms with Crippen LogP contribution in [-0.2, 0) is 15.9 Å². The summed E-state index contributed by atoms with van der Waals surface area (Å²) in [4.78, 5) is 11.6. The molecule has 0 spiro atoms. The maximum Gasteiger partial charge on any atom is 0.341 e. The topological polar surface area (TPSA) is 65.7 Å². The lowest BCUT2D eigenvalue weighted by molar-refractivity contribution is 0.0602. The van der Waals surface area contributed by atoms with E-state index in [-0.39, 0.29) is 0 Å². The molecule has 0 aromatic carbocycles. The van der Waals surface area contributed by atoms with Gasteiger partial charge in [-0.3, -0.25) is 4.40 Å². The van der Waals surface area contributed by atoms with Gasteiger partial charge >= 0.3 is 5.97 Å². The Balaban J connectivity index is 2.33. The van der Waals surface area contributed by atoms with Gasteiger partial charge < -0.3 is 9.47 Å². The second-order valence-corrected chi connectivity index (χ2v) is 3.82. The molecule has 96 valence electrons. The molecule has 0 amide bonds. The first-order chi connectivity index (χ1) is 8.77. The van der Waals surface area contributed by atoms with Gasteiger partial charge in [0.25, 0.3) is 0 Å². The van der Waals surface area contributed by atoms with Gasteiger partial charge in [-0.05, 0) is 18.6 Å². The number of esters is 1. The fraction of sp³-hybridized carbons (Fsp3) is 0.417. The number of aromatic nitrogens is 3. The van der Waals surface area contributed by atoms with E-state index in [4.69, 9.17) is 9.47 Å². The summed E-state index contributed by atoms with van der Waals surface area (Å²) in [5.41, 5.74) is 0.947. The van der Waals surface area contributed by atoms with Gasteiger partial charge in [-0.2, -0.15) is 0 Å². The molecular formula is C12H15N3O3. The van der Waals surface area contributed by atoms with Crippen LogP contribution in [0, 0.1) is 0 Å². The second-order valence-electron chi connectivity index (χ2n) is 3.82. The smallest absolute Gasteiger partial charge is 0.341 e. The minimum absolute atomic E-state index is 0.406. The van der Waals surface area contributed by atoms with Gasteiger partial charge in [0.2, 0.25) is 0 Å². The maximum atomic E-state index is 11.6. The van der Waals surface area contributed by atoms with Crippen molar-refractivity contribution in [3.63, 3.8) is 0 Å². The van der Waals surface area contributed by atoms with Crippen LogP contribution in [0.1, 0.15) is 22.6 Å². The summed E-state index contributed by atoms with van der Waals surface area (Å²) in [6.45, 7) is 0.672. The average molecular weight is 249 g/mol. The Morgan fingerprint density at radius 3 is 2.94 bits per heavy atom. The molecule has 2 aromatic heterocycles. The van der Waals surface area contributed by atoms with Gasteiger partial charge in [0, 0.05) is 26.3 Å². The predicted molar refractivity (Wildman–Crippen MR) is 64.5 cm³/mol. The van der Waals surface area contributed by atoms with Crippen LogP contribution < -0.4 is 0 Å². The Kier molecular flexibility index (Phi) is 3.88. The van der Waals surface area contributed by atoms with Crippen molar-refractivity contribution in [3.8, 4) is 0 Å². The predicted octanol–water partition coefficient (Wildman–Crippen LogP) is 1.09. The largest absolute Gasteiger partial charge is 0.465 e. The van der Waals surface area contributed by atoms with Crippen molar-refractivity contribution in [2.24, 2.45) is 0 Å². The van der Waals surface area contributed by atoms with Crippen molar-refractivity contribution in [3.05, 3.63) is 29.7 Å². The molecule has 0 aliphatic heterocycles. The SMILES string of the molecule is COCCCc1nnc2c(C(=O)OC)cccn12. The number of hydrogen-bond donors (Lipinski definition) is 0. The molecule has 0 fully saturated rings. The lowest BCUT2D eigenvalue weighted by Gasteiger charge is -2.02. The van der Waals surface area contributed by atoms with Gasteiger partial charge in [-0.25, -0.2) is 4.79 Å². The zero-order chi connectivity index (χ0) is 13.0. The molecule has 0 N–H and O–H groups in total. The van der Waals surface area contributed by atoms with E-state index in [1.165, 1.54) is 7.11 Å². The normalized spacial score (nSPS) is 10.8. The van der Waals surface area contributed by atoms with Gasteiger partial charge in [0.15, 0.2) is 5.65 Å². The summed E-state index contributed by atoms with van der Waals surface area (Å²) >= 11 is 0. The summed E-state index contributed by atoms with van der Waals surface area (Å²) in [6, 6.07) is 3.46. The Morgan fingerprint density at radius 1 is 1.39 bits per heavy atom. The van der Waals surface area contributed by atoms with E-state index in [9.17, 15) is 4.79 Å². The first-order valence-electron chi connectivity index (χ1n) is 5.67. The van der Waals surface area contributed by atoms with Crippen LogP contribution in [0.3, 0.4) is 0 Å². The van der Waals surface area contributed by atoms with E-state index in [1.807, 2.05) is 10.6 Å². The number of carbonyl (C=O) groups excluding carboxylic acids is 1. The van der Waals surface area contributed by atoms with Crippen LogP contribution in [0.15, 0.2) is 18.3 Å². The minimum Gasteiger partial charge on any atom is -0.465 e. The first-order valence-corrected chi connectivity index (χ1v) is 5.67. The molecule has 6 heteroatoms. The van der Waals surface area contributed by atoms with Crippen LogP contribution in [0.2, 0.25) is 0 Å². The van der Waals surface area contributed by atoms with Crippen LogP contribution in [-0.4, -0.2) is 41.4 Å². The number of hydrogen-bond acceptors (Lipinski definition) is 5. The maximum absolute atomic E-state index is 11.6. The summed E-state index contributed by atoms with van der Waals surface area (Å²) in [5, 5.41) is 8.13. The number of carbonyl (C=O) groups is 1. The van der Waals surface area contributed by atoms with Gasteiger partial charge in [-0.1, -0.05) is 0 Å². The number of fused-ring (bicyclic) bond motifs is 1. The Bertz CT molecular complexity index is 550. The summed E-state index contributed by atoms with van der Waals surface area (Å²) in [6.07, 6.45) is 3.45. The highest BCUT2D eigenvalue weighted by atomic mass is 16.5. The molecule has 0 saturated heterocycles. The molecule has 6 nitrogen and oxygen atoms in total. The third-order valence-corrected chi connectivity index (χ3v) is 2.66. The monoisotopic (exact) mass is 249 g/mol. The first kappa shape index (κ1) is 12.5. The highest BCUT2D eigenvalue weighted by Crippen LogP contribution is 2.12. The van der Waals surface area contributed by atoms with E-state index in [1.54, 1.807) is 19.2 Å². The van der Waals surface area contributed by atoms with Crippen molar-refractivity contribution in [2.45, 2.75) is 12.8 Å². The van der Waals surface area contributed by atoms with E-state index < -0.39 is 5.97 Å². The number of pyridine rings is 1. The molecule has 0 radical (unpaired) electrons. The van der Waals surface area contributed by atoms with Gasteiger partial charge in [-0.15, -0.1) is 10.2 Å². The summed E-state index contributed by atoms with van der Waals surface area (Å²) in [5.74, 6) is 0.407. The minimum atomic E-state index is -0.406. The van der Waals surface area contributed by atoms with Crippen LogP contribution in [0.4, 0.5) is 0 Å². The van der Waals surface area contributed by atoms with E-state index >= 15 is 0 Å².